The van der Waals surface area contributed by atoms with Gasteiger partial charge in [0.05, 0.1) is 19.3 Å². The molecule has 0 radical (unpaired) electrons. The van der Waals surface area contributed by atoms with Crippen LogP contribution in [-0.4, -0.2) is 167 Å². The number of ether oxygens (including phenoxy) is 6. The van der Waals surface area contributed by atoms with E-state index in [2.05, 4.69) is 0 Å². The molecule has 1 aromatic heterocycles. The molecule has 3 aliphatic rings. The van der Waals surface area contributed by atoms with Crippen molar-refractivity contribution < 1.29 is 94.1 Å². The fraction of sp³-hybridized carbons (Fsp3) is 0.545. The van der Waals surface area contributed by atoms with Gasteiger partial charge < -0.3 is 94.1 Å². The lowest BCUT2D eigenvalue weighted by Gasteiger charge is -2.39. The standard InChI is InChI=1S/C33H40O20/c1-10-19(37)23(41)26(44)31(47-10)49-13-6-14(36)18-15(7-13)50-29(30(22(18)40)53-33-28(46)25(43)21(39)17(9-35)52-33)11-2-4-12(5-3-11)48-32-27(45)24(42)20(38)16(8-34)51-32/h2-7,10,16-17,19-21,23-28,31-39,41-46H,8-9H2,1H3/t10-,16-,17+,19-,20-,21+,23+,24+,25-,26+,27-,28+,31-,32-,33-/m0/s1. The molecule has 0 aliphatic carbocycles. The van der Waals surface area contributed by atoms with Crippen molar-refractivity contribution in [1.82, 2.24) is 0 Å². The third kappa shape index (κ3) is 7.39. The smallest absolute Gasteiger partial charge is 0.239 e. The Bertz CT molecular complexity index is 1780. The van der Waals surface area contributed by atoms with E-state index in [0.29, 0.717) is 0 Å². The Morgan fingerprint density at radius 1 is 0.604 bits per heavy atom. The number of hydrogen-bond donors (Lipinski definition) is 12. The number of fused-ring (bicyclic) bond motifs is 1. The summed E-state index contributed by atoms with van der Waals surface area (Å²) in [6, 6.07) is 7.43. The molecule has 3 aromatic rings. The van der Waals surface area contributed by atoms with Crippen LogP contribution in [0.15, 0.2) is 45.6 Å². The number of aliphatic hydroxyl groups excluding tert-OH is 11. The predicted octanol–water partition coefficient (Wildman–Crippen LogP) is -4.27. The van der Waals surface area contributed by atoms with Crippen molar-refractivity contribution in [3.05, 3.63) is 46.6 Å². The van der Waals surface area contributed by atoms with E-state index in [4.69, 9.17) is 32.8 Å². The molecule has 0 unspecified atom stereocenters. The monoisotopic (exact) mass is 756 g/mol. The zero-order valence-electron chi connectivity index (χ0n) is 27.7. The topological polar surface area (TPSA) is 328 Å². The number of rotatable bonds is 9. The van der Waals surface area contributed by atoms with E-state index in [-0.39, 0.29) is 28.4 Å². The first kappa shape index (κ1) is 39.0. The van der Waals surface area contributed by atoms with Crippen LogP contribution in [0.5, 0.6) is 23.0 Å². The molecule has 292 valence electrons. The molecule has 6 rings (SSSR count). The van der Waals surface area contributed by atoms with Gasteiger partial charge in [-0.3, -0.25) is 4.79 Å². The second-order valence-electron chi connectivity index (χ2n) is 12.9. The molecule has 12 N–H and O–H groups in total. The Morgan fingerprint density at radius 3 is 1.64 bits per heavy atom. The molecule has 4 heterocycles. The van der Waals surface area contributed by atoms with Gasteiger partial charge in [0.2, 0.25) is 30.0 Å². The summed E-state index contributed by atoms with van der Waals surface area (Å²) in [6.45, 7) is -0.0726. The van der Waals surface area contributed by atoms with Gasteiger partial charge >= 0.3 is 0 Å². The van der Waals surface area contributed by atoms with Crippen LogP contribution >= 0.6 is 0 Å². The molecule has 3 aliphatic heterocycles. The predicted molar refractivity (Wildman–Crippen MR) is 171 cm³/mol. The van der Waals surface area contributed by atoms with E-state index >= 15 is 0 Å². The molecule has 3 fully saturated rings. The number of hydrogen-bond acceptors (Lipinski definition) is 20. The molecule has 15 atom stereocenters. The second kappa shape index (κ2) is 15.6. The molecule has 0 bridgehead atoms. The molecule has 20 nitrogen and oxygen atoms in total. The summed E-state index contributed by atoms with van der Waals surface area (Å²) in [7, 11) is 0. The average Bonchev–Trinajstić information content (AvgIpc) is 3.14. The third-order valence-electron chi connectivity index (χ3n) is 9.27. The van der Waals surface area contributed by atoms with Gasteiger partial charge in [0, 0.05) is 17.7 Å². The number of aromatic hydroxyl groups is 1. The first-order chi connectivity index (χ1) is 25.1. The average molecular weight is 757 g/mol. The maximum Gasteiger partial charge on any atom is 0.239 e. The number of phenolic OH excluding ortho intramolecular Hbond substituents is 1. The van der Waals surface area contributed by atoms with Crippen LogP contribution in [0.4, 0.5) is 0 Å². The van der Waals surface area contributed by atoms with Gasteiger partial charge in [-0.1, -0.05) is 0 Å². The van der Waals surface area contributed by atoms with Crippen molar-refractivity contribution in [2.45, 2.75) is 99.0 Å². The van der Waals surface area contributed by atoms with Crippen molar-refractivity contribution in [1.29, 1.82) is 0 Å². The lowest BCUT2D eigenvalue weighted by molar-refractivity contribution is -0.277. The Hall–Kier alpha value is -3.71. The van der Waals surface area contributed by atoms with Gasteiger partial charge in [-0.2, -0.15) is 0 Å². The Labute approximate surface area is 298 Å². The Morgan fingerprint density at radius 2 is 1.09 bits per heavy atom. The summed E-state index contributed by atoms with van der Waals surface area (Å²) in [5.74, 6) is -1.95. The van der Waals surface area contributed by atoms with Crippen molar-refractivity contribution in [3.8, 4) is 34.3 Å². The molecule has 0 amide bonds. The molecule has 20 heteroatoms. The van der Waals surface area contributed by atoms with Crippen LogP contribution in [-0.2, 0) is 14.2 Å². The highest BCUT2D eigenvalue weighted by Gasteiger charge is 2.47. The summed E-state index contributed by atoms with van der Waals surface area (Å²) in [5.41, 5.74) is -1.28. The van der Waals surface area contributed by atoms with Crippen LogP contribution in [0.3, 0.4) is 0 Å². The maximum atomic E-state index is 14.0. The zero-order valence-corrected chi connectivity index (χ0v) is 27.7. The second-order valence-corrected chi connectivity index (χ2v) is 12.9. The molecule has 2 aromatic carbocycles. The van der Waals surface area contributed by atoms with Crippen LogP contribution in [0.2, 0.25) is 0 Å². The van der Waals surface area contributed by atoms with Crippen molar-refractivity contribution in [2.24, 2.45) is 0 Å². The normalized spacial score (nSPS) is 37.7. The minimum Gasteiger partial charge on any atom is -0.507 e. The summed E-state index contributed by atoms with van der Waals surface area (Å²) in [4.78, 5) is 14.0. The summed E-state index contributed by atoms with van der Waals surface area (Å²) >= 11 is 0. The largest absolute Gasteiger partial charge is 0.507 e. The van der Waals surface area contributed by atoms with E-state index in [1.54, 1.807) is 0 Å². The lowest BCUT2D eigenvalue weighted by atomic mass is 9.99. The maximum absolute atomic E-state index is 14.0. The molecule has 53 heavy (non-hydrogen) atoms. The van der Waals surface area contributed by atoms with Gasteiger partial charge in [-0.25, -0.2) is 0 Å². The summed E-state index contributed by atoms with van der Waals surface area (Å²) < 4.78 is 39.3. The van der Waals surface area contributed by atoms with Gasteiger partial charge in [-0.05, 0) is 31.2 Å². The zero-order chi connectivity index (χ0) is 38.5. The van der Waals surface area contributed by atoms with Crippen molar-refractivity contribution in [3.63, 3.8) is 0 Å². The minimum atomic E-state index is -1.95. The van der Waals surface area contributed by atoms with Crippen LogP contribution < -0.4 is 19.6 Å². The number of aliphatic hydroxyl groups is 11. The lowest BCUT2D eigenvalue weighted by Crippen LogP contribution is -2.60. The number of benzene rings is 2. The fourth-order valence-electron chi connectivity index (χ4n) is 6.13. The number of phenols is 1. The fourth-order valence-corrected chi connectivity index (χ4v) is 6.13. The van der Waals surface area contributed by atoms with Crippen LogP contribution in [0.25, 0.3) is 22.3 Å². The van der Waals surface area contributed by atoms with Gasteiger partial charge in [0.15, 0.2) is 5.76 Å². The SMILES string of the molecule is C[C@@H]1O[C@@H](Oc2cc(O)c3c(=O)c(O[C@@H]4O[C@H](CO)[C@@H](O)[C@H](O)[C@H]4O)c(-c4ccc(O[C@H]5O[C@@H](CO)[C@H](O)[C@@H](O)[C@@H]5O)cc4)oc3c2)[C@H](O)[C@H](O)[C@H]1O. The van der Waals surface area contributed by atoms with Crippen molar-refractivity contribution in [2.75, 3.05) is 13.2 Å². The van der Waals surface area contributed by atoms with E-state index in [1.165, 1.54) is 31.2 Å². The van der Waals surface area contributed by atoms with Gasteiger partial charge in [-0.15, -0.1) is 0 Å². The van der Waals surface area contributed by atoms with Crippen LogP contribution in [0, 0.1) is 0 Å². The highest BCUT2D eigenvalue weighted by atomic mass is 16.7. The van der Waals surface area contributed by atoms with Crippen molar-refractivity contribution >= 4 is 11.0 Å². The summed E-state index contributed by atoms with van der Waals surface area (Å²) in [6.07, 6.45) is -24.0. The molecule has 3 saturated heterocycles. The van der Waals surface area contributed by atoms with E-state index < -0.39 is 128 Å². The Balaban J connectivity index is 1.38. The summed E-state index contributed by atoms with van der Waals surface area (Å²) in [5, 5.41) is 122. The van der Waals surface area contributed by atoms with E-state index in [0.717, 1.165) is 12.1 Å². The molecular formula is C33H40O20. The highest BCUT2D eigenvalue weighted by Crippen LogP contribution is 2.39. The Kier molecular flexibility index (Phi) is 11.5. The van der Waals surface area contributed by atoms with E-state index in [9.17, 15) is 66.1 Å². The minimum absolute atomic E-state index is 0.0264. The third-order valence-corrected chi connectivity index (χ3v) is 9.27. The molecule has 0 spiro atoms. The first-order valence-corrected chi connectivity index (χ1v) is 16.4. The quantitative estimate of drug-likeness (QED) is 0.0983. The van der Waals surface area contributed by atoms with Gasteiger partial charge in [0.25, 0.3) is 0 Å². The van der Waals surface area contributed by atoms with E-state index in [1.807, 2.05) is 0 Å². The van der Waals surface area contributed by atoms with Gasteiger partial charge in [0.1, 0.15) is 95.4 Å². The molecule has 0 saturated carbocycles. The first-order valence-electron chi connectivity index (χ1n) is 16.4. The highest BCUT2D eigenvalue weighted by molar-refractivity contribution is 5.88. The molecular weight excluding hydrogens is 716 g/mol. The van der Waals surface area contributed by atoms with Crippen LogP contribution in [0.1, 0.15) is 6.92 Å².